The first-order valence-corrected chi connectivity index (χ1v) is 10.4. The summed E-state index contributed by atoms with van der Waals surface area (Å²) in [5.41, 5.74) is 3.71. The molecule has 138 valence electrons. The molecule has 1 aromatic carbocycles. The molecule has 2 nitrogen and oxygen atoms in total. The summed E-state index contributed by atoms with van der Waals surface area (Å²) < 4.78 is 5.46. The molecule has 5 atom stereocenters. The maximum atomic E-state index is 5.46. The van der Waals surface area contributed by atoms with Crippen LogP contribution >= 0.6 is 0 Å². The zero-order valence-corrected chi connectivity index (χ0v) is 16.1. The SMILES string of the molecule is COc1ccc2c(c1)CCC1C2CC[C@]2(C)C[C@@H](NC3C=CC=C3)CC12. The Hall–Kier alpha value is -1.54. The molecule has 5 rings (SSSR count). The lowest BCUT2D eigenvalue weighted by Crippen LogP contribution is -2.39. The molecule has 4 aliphatic rings. The highest BCUT2D eigenvalue weighted by Crippen LogP contribution is 2.61. The monoisotopic (exact) mass is 349 g/mol. The molecule has 3 unspecified atom stereocenters. The number of rotatable bonds is 3. The van der Waals surface area contributed by atoms with Gasteiger partial charge in [-0.2, -0.15) is 0 Å². The second-order valence-electron chi connectivity index (χ2n) is 9.27. The standard InChI is InChI=1S/C24H31NO/c1-24-12-11-21-20-10-8-19(26-2)13-16(20)7-9-22(21)23(24)14-18(15-24)25-17-5-3-4-6-17/h3-6,8,10,13,17-18,21-23,25H,7,9,11-12,14-15H2,1-2H3/t18-,21?,22?,23?,24+/m0/s1. The average Bonchev–Trinajstić information content (AvgIpc) is 3.27. The van der Waals surface area contributed by atoms with Gasteiger partial charge in [-0.25, -0.2) is 0 Å². The Bertz CT molecular complexity index is 739. The summed E-state index contributed by atoms with van der Waals surface area (Å²) in [7, 11) is 1.78. The number of methoxy groups -OCH3 is 1. The van der Waals surface area contributed by atoms with Crippen LogP contribution in [0.5, 0.6) is 5.75 Å². The highest BCUT2D eigenvalue weighted by atomic mass is 16.5. The van der Waals surface area contributed by atoms with Gasteiger partial charge in [0, 0.05) is 12.1 Å². The van der Waals surface area contributed by atoms with E-state index in [0.29, 0.717) is 17.5 Å². The molecular weight excluding hydrogens is 318 g/mol. The molecule has 0 bridgehead atoms. The lowest BCUT2D eigenvalue weighted by atomic mass is 9.56. The first-order valence-electron chi connectivity index (χ1n) is 10.4. The molecule has 0 amide bonds. The molecule has 0 aliphatic heterocycles. The number of ether oxygens (including phenoxy) is 1. The lowest BCUT2D eigenvalue weighted by molar-refractivity contribution is 0.0598. The minimum absolute atomic E-state index is 0.457. The third-order valence-electron chi connectivity index (χ3n) is 7.88. The van der Waals surface area contributed by atoms with Crippen LogP contribution < -0.4 is 10.1 Å². The largest absolute Gasteiger partial charge is 0.497 e. The number of nitrogens with one attached hydrogen (secondary N) is 1. The van der Waals surface area contributed by atoms with Crippen molar-refractivity contribution in [1.29, 1.82) is 0 Å². The van der Waals surface area contributed by atoms with E-state index < -0.39 is 0 Å². The first-order chi connectivity index (χ1) is 12.7. The Morgan fingerprint density at radius 3 is 2.81 bits per heavy atom. The molecule has 1 aromatic rings. The van der Waals surface area contributed by atoms with Crippen molar-refractivity contribution in [2.24, 2.45) is 17.3 Å². The normalized spacial score (nSPS) is 38.1. The van der Waals surface area contributed by atoms with Crippen molar-refractivity contribution in [2.45, 2.75) is 63.5 Å². The van der Waals surface area contributed by atoms with E-state index in [1.807, 2.05) is 0 Å². The second-order valence-corrected chi connectivity index (χ2v) is 9.27. The van der Waals surface area contributed by atoms with E-state index >= 15 is 0 Å². The first kappa shape index (κ1) is 16.6. The van der Waals surface area contributed by atoms with Gasteiger partial charge in [0.1, 0.15) is 5.75 Å². The van der Waals surface area contributed by atoms with Crippen LogP contribution in [0.2, 0.25) is 0 Å². The number of allylic oxidation sites excluding steroid dienone is 2. The predicted molar refractivity (Wildman–Crippen MR) is 107 cm³/mol. The third-order valence-corrected chi connectivity index (χ3v) is 7.88. The molecular formula is C24H31NO. The third kappa shape index (κ3) is 2.65. The molecule has 2 fully saturated rings. The topological polar surface area (TPSA) is 21.3 Å². The molecule has 1 N–H and O–H groups in total. The number of hydrogen-bond donors (Lipinski definition) is 1. The van der Waals surface area contributed by atoms with Crippen molar-refractivity contribution in [1.82, 2.24) is 5.32 Å². The van der Waals surface area contributed by atoms with Crippen molar-refractivity contribution < 1.29 is 4.74 Å². The molecule has 0 saturated heterocycles. The Labute approximate surface area is 157 Å². The Morgan fingerprint density at radius 1 is 1.15 bits per heavy atom. The average molecular weight is 350 g/mol. The summed E-state index contributed by atoms with van der Waals surface area (Å²) >= 11 is 0. The van der Waals surface area contributed by atoms with Crippen LogP contribution in [0.25, 0.3) is 0 Å². The van der Waals surface area contributed by atoms with Crippen molar-refractivity contribution in [3.63, 3.8) is 0 Å². The van der Waals surface area contributed by atoms with E-state index in [9.17, 15) is 0 Å². The van der Waals surface area contributed by atoms with E-state index in [1.54, 1.807) is 18.2 Å². The number of aryl methyl sites for hydroxylation is 1. The summed E-state index contributed by atoms with van der Waals surface area (Å²) in [4.78, 5) is 0. The minimum Gasteiger partial charge on any atom is -0.497 e. The summed E-state index contributed by atoms with van der Waals surface area (Å²) in [5.74, 6) is 3.54. The summed E-state index contributed by atoms with van der Waals surface area (Å²) in [6, 6.07) is 7.97. The van der Waals surface area contributed by atoms with Crippen molar-refractivity contribution >= 4 is 0 Å². The van der Waals surface area contributed by atoms with E-state index in [2.05, 4.69) is 54.7 Å². The Morgan fingerprint density at radius 2 is 2.00 bits per heavy atom. The summed E-state index contributed by atoms with van der Waals surface area (Å²) in [5, 5.41) is 3.90. The van der Waals surface area contributed by atoms with Gasteiger partial charge in [0.05, 0.1) is 7.11 Å². The van der Waals surface area contributed by atoms with E-state index in [-0.39, 0.29) is 0 Å². The number of hydrogen-bond acceptors (Lipinski definition) is 2. The van der Waals surface area contributed by atoms with Crippen LogP contribution in [0.15, 0.2) is 42.5 Å². The maximum Gasteiger partial charge on any atom is 0.119 e. The molecule has 0 spiro atoms. The maximum absolute atomic E-state index is 5.46. The highest BCUT2D eigenvalue weighted by Gasteiger charge is 2.53. The van der Waals surface area contributed by atoms with Gasteiger partial charge < -0.3 is 10.1 Å². The fourth-order valence-corrected chi connectivity index (χ4v) is 6.69. The molecule has 2 heteroatoms. The lowest BCUT2D eigenvalue weighted by Gasteiger charge is -2.49. The molecule has 4 aliphatic carbocycles. The van der Waals surface area contributed by atoms with Gasteiger partial charge in [-0.05, 0) is 85.0 Å². The van der Waals surface area contributed by atoms with E-state index in [0.717, 1.165) is 23.5 Å². The Balaban J connectivity index is 1.37. The van der Waals surface area contributed by atoms with Gasteiger partial charge in [0.25, 0.3) is 0 Å². The molecule has 0 aromatic heterocycles. The van der Waals surface area contributed by atoms with E-state index in [4.69, 9.17) is 4.74 Å². The molecule has 26 heavy (non-hydrogen) atoms. The predicted octanol–water partition coefficient (Wildman–Crippen LogP) is 5.00. The van der Waals surface area contributed by atoms with Crippen LogP contribution in [0.1, 0.15) is 56.1 Å². The molecule has 0 heterocycles. The number of benzene rings is 1. The van der Waals surface area contributed by atoms with Crippen LogP contribution in [0, 0.1) is 17.3 Å². The van der Waals surface area contributed by atoms with Crippen molar-refractivity contribution in [3.8, 4) is 5.75 Å². The fourth-order valence-electron chi connectivity index (χ4n) is 6.69. The molecule has 0 radical (unpaired) electrons. The Kier molecular flexibility index (Phi) is 4.01. The van der Waals surface area contributed by atoms with Crippen LogP contribution in [-0.2, 0) is 6.42 Å². The summed E-state index contributed by atoms with van der Waals surface area (Å²) in [6.07, 6.45) is 17.0. The van der Waals surface area contributed by atoms with Crippen LogP contribution in [0.3, 0.4) is 0 Å². The van der Waals surface area contributed by atoms with Crippen LogP contribution in [0.4, 0.5) is 0 Å². The highest BCUT2D eigenvalue weighted by molar-refractivity contribution is 5.40. The van der Waals surface area contributed by atoms with Crippen LogP contribution in [-0.4, -0.2) is 19.2 Å². The summed E-state index contributed by atoms with van der Waals surface area (Å²) in [6.45, 7) is 2.58. The van der Waals surface area contributed by atoms with Crippen molar-refractivity contribution in [2.75, 3.05) is 7.11 Å². The van der Waals surface area contributed by atoms with E-state index in [1.165, 1.54) is 38.5 Å². The van der Waals surface area contributed by atoms with Gasteiger partial charge in [-0.15, -0.1) is 0 Å². The fraction of sp³-hybridized carbons (Fsp3) is 0.583. The smallest absolute Gasteiger partial charge is 0.119 e. The quantitative estimate of drug-likeness (QED) is 0.829. The molecule has 2 saturated carbocycles. The number of fused-ring (bicyclic) bond motifs is 5. The zero-order chi connectivity index (χ0) is 17.7. The van der Waals surface area contributed by atoms with Gasteiger partial charge in [0.15, 0.2) is 0 Å². The van der Waals surface area contributed by atoms with Gasteiger partial charge >= 0.3 is 0 Å². The van der Waals surface area contributed by atoms with Gasteiger partial charge in [-0.1, -0.05) is 37.3 Å². The zero-order valence-electron chi connectivity index (χ0n) is 16.1. The van der Waals surface area contributed by atoms with Gasteiger partial charge in [0.2, 0.25) is 0 Å². The second kappa shape index (κ2) is 6.27. The van der Waals surface area contributed by atoms with Crippen molar-refractivity contribution in [3.05, 3.63) is 53.6 Å². The minimum atomic E-state index is 0.457. The van der Waals surface area contributed by atoms with Gasteiger partial charge in [-0.3, -0.25) is 0 Å².